The van der Waals surface area contributed by atoms with Crippen LogP contribution in [0, 0.1) is 0 Å². The summed E-state index contributed by atoms with van der Waals surface area (Å²) in [7, 11) is 1.87. The lowest BCUT2D eigenvalue weighted by molar-refractivity contribution is -0.119. The van der Waals surface area contributed by atoms with Gasteiger partial charge in [-0.05, 0) is 7.05 Å². The number of rotatable bonds is 6. The van der Waals surface area contributed by atoms with Gasteiger partial charge in [0.05, 0.1) is 19.3 Å². The molecule has 1 amide bonds. The van der Waals surface area contributed by atoms with Crippen molar-refractivity contribution in [2.24, 2.45) is 5.73 Å². The highest BCUT2D eigenvalue weighted by atomic mass is 32.1. The van der Waals surface area contributed by atoms with Crippen molar-refractivity contribution in [3.63, 3.8) is 0 Å². The van der Waals surface area contributed by atoms with Crippen LogP contribution in [0.3, 0.4) is 0 Å². The molecule has 1 fully saturated rings. The van der Waals surface area contributed by atoms with Gasteiger partial charge >= 0.3 is 0 Å². The number of hydrogen-bond acceptors (Lipinski definition) is 7. The van der Waals surface area contributed by atoms with Gasteiger partial charge in [-0.2, -0.15) is 0 Å². The summed E-state index contributed by atoms with van der Waals surface area (Å²) in [6.07, 6.45) is 0.0505. The smallest absolute Gasteiger partial charge is 0.231 e. The first-order valence-electron chi connectivity index (χ1n) is 7.12. The average molecular weight is 313 g/mol. The van der Waals surface area contributed by atoms with E-state index in [1.807, 2.05) is 11.9 Å². The third-order valence-corrected chi connectivity index (χ3v) is 4.56. The zero-order valence-electron chi connectivity index (χ0n) is 12.8. The number of carbonyl (C=O) groups excluding carboxylic acids is 1. The van der Waals surface area contributed by atoms with E-state index in [0.29, 0.717) is 19.1 Å². The van der Waals surface area contributed by atoms with Crippen molar-refractivity contribution in [1.82, 2.24) is 15.1 Å². The van der Waals surface area contributed by atoms with E-state index < -0.39 is 0 Å². The summed E-state index contributed by atoms with van der Waals surface area (Å²) >= 11 is 1.64. The normalized spacial score (nSPS) is 19.5. The Labute approximate surface area is 129 Å². The van der Waals surface area contributed by atoms with Crippen molar-refractivity contribution in [2.45, 2.75) is 25.9 Å². The zero-order valence-corrected chi connectivity index (χ0v) is 13.6. The summed E-state index contributed by atoms with van der Waals surface area (Å²) in [5, 5.41) is 10.5. The molecule has 1 unspecified atom stereocenters. The minimum absolute atomic E-state index is 0.0505. The van der Waals surface area contributed by atoms with Gasteiger partial charge in [-0.25, -0.2) is 0 Å². The summed E-state index contributed by atoms with van der Waals surface area (Å²) in [5.41, 5.74) is 5.20. The van der Waals surface area contributed by atoms with Crippen LogP contribution in [-0.4, -0.2) is 66.9 Å². The van der Waals surface area contributed by atoms with Crippen LogP contribution in [0.1, 0.15) is 24.8 Å². The number of hydrogen-bond donors (Lipinski definition) is 1. The molecule has 0 radical (unpaired) electrons. The lowest BCUT2D eigenvalue weighted by Gasteiger charge is -2.34. The number of anilines is 1. The van der Waals surface area contributed by atoms with E-state index in [4.69, 9.17) is 10.5 Å². The molecule has 1 saturated heterocycles. The van der Waals surface area contributed by atoms with Crippen molar-refractivity contribution in [3.8, 4) is 0 Å². The number of aromatic nitrogens is 2. The fourth-order valence-electron chi connectivity index (χ4n) is 2.27. The van der Waals surface area contributed by atoms with E-state index in [9.17, 15) is 4.79 Å². The van der Waals surface area contributed by atoms with Crippen LogP contribution in [-0.2, 0) is 9.53 Å². The molecule has 2 N–H and O–H groups in total. The Kier molecular flexibility index (Phi) is 5.49. The van der Waals surface area contributed by atoms with Gasteiger partial charge in [0.2, 0.25) is 11.0 Å². The minimum atomic E-state index is -0.323. The van der Waals surface area contributed by atoms with Crippen molar-refractivity contribution >= 4 is 22.4 Å². The molecular formula is C13H23N5O2S. The van der Waals surface area contributed by atoms with Crippen LogP contribution in [0.15, 0.2) is 0 Å². The van der Waals surface area contributed by atoms with Crippen LogP contribution in [0.25, 0.3) is 0 Å². The largest absolute Gasteiger partial charge is 0.373 e. The predicted octanol–water partition coefficient (Wildman–Crippen LogP) is 0.284. The minimum Gasteiger partial charge on any atom is -0.373 e. The SMILES string of the molecule is CC(C)c1nnc(N2CCOC(CN(C)CC(N)=O)C2)s1. The molecule has 0 bridgehead atoms. The second-order valence-electron chi connectivity index (χ2n) is 5.68. The highest BCUT2D eigenvalue weighted by Crippen LogP contribution is 2.26. The molecule has 1 atom stereocenters. The summed E-state index contributed by atoms with van der Waals surface area (Å²) in [5.74, 6) is 0.0747. The number of morpholine rings is 1. The summed E-state index contributed by atoms with van der Waals surface area (Å²) < 4.78 is 5.76. The zero-order chi connectivity index (χ0) is 15.4. The van der Waals surface area contributed by atoms with E-state index in [2.05, 4.69) is 28.9 Å². The van der Waals surface area contributed by atoms with E-state index >= 15 is 0 Å². The Balaban J connectivity index is 1.92. The standard InChI is InChI=1S/C13H23N5O2S/c1-9(2)12-15-16-13(21-12)18-4-5-20-10(7-18)6-17(3)8-11(14)19/h9-10H,4-8H2,1-3H3,(H2,14,19). The van der Waals surface area contributed by atoms with Gasteiger partial charge in [0.25, 0.3) is 0 Å². The first-order chi connectivity index (χ1) is 9.95. The Morgan fingerprint density at radius 3 is 2.95 bits per heavy atom. The van der Waals surface area contributed by atoms with E-state index in [-0.39, 0.29) is 18.6 Å². The lowest BCUT2D eigenvalue weighted by Crippen LogP contribution is -2.48. The van der Waals surface area contributed by atoms with Crippen LogP contribution >= 0.6 is 11.3 Å². The summed E-state index contributed by atoms with van der Waals surface area (Å²) in [6.45, 7) is 7.39. The van der Waals surface area contributed by atoms with Gasteiger partial charge in [0.1, 0.15) is 5.01 Å². The first kappa shape index (κ1) is 16.1. The molecular weight excluding hydrogens is 290 g/mol. The molecule has 7 nitrogen and oxygen atoms in total. The first-order valence-corrected chi connectivity index (χ1v) is 7.94. The number of ether oxygens (including phenoxy) is 1. The van der Waals surface area contributed by atoms with Crippen molar-refractivity contribution in [3.05, 3.63) is 5.01 Å². The van der Waals surface area contributed by atoms with Gasteiger partial charge in [-0.1, -0.05) is 25.2 Å². The van der Waals surface area contributed by atoms with Gasteiger partial charge in [0, 0.05) is 25.6 Å². The molecule has 1 aromatic heterocycles. The maximum Gasteiger partial charge on any atom is 0.231 e. The Morgan fingerprint density at radius 1 is 1.57 bits per heavy atom. The van der Waals surface area contributed by atoms with Crippen LogP contribution in [0.2, 0.25) is 0 Å². The molecule has 21 heavy (non-hydrogen) atoms. The fraction of sp³-hybridized carbons (Fsp3) is 0.769. The second kappa shape index (κ2) is 7.15. The van der Waals surface area contributed by atoms with Crippen molar-refractivity contribution in [2.75, 3.05) is 44.7 Å². The maximum absolute atomic E-state index is 10.9. The average Bonchev–Trinajstić information content (AvgIpc) is 2.87. The monoisotopic (exact) mass is 313 g/mol. The molecule has 2 heterocycles. The van der Waals surface area contributed by atoms with E-state index in [1.54, 1.807) is 11.3 Å². The highest BCUT2D eigenvalue weighted by molar-refractivity contribution is 7.15. The molecule has 0 spiro atoms. The van der Waals surface area contributed by atoms with Gasteiger partial charge in [0.15, 0.2) is 0 Å². The van der Waals surface area contributed by atoms with E-state index in [1.165, 1.54) is 0 Å². The predicted molar refractivity (Wildman–Crippen MR) is 82.6 cm³/mol. The molecule has 118 valence electrons. The third-order valence-electron chi connectivity index (χ3n) is 3.27. The maximum atomic E-state index is 10.9. The number of likely N-dealkylation sites (N-methyl/N-ethyl adjacent to an activating group) is 1. The number of nitrogens with zero attached hydrogens (tertiary/aromatic N) is 4. The quantitative estimate of drug-likeness (QED) is 0.812. The number of nitrogens with two attached hydrogens (primary N) is 1. The lowest BCUT2D eigenvalue weighted by atomic mass is 10.2. The van der Waals surface area contributed by atoms with Gasteiger partial charge < -0.3 is 15.4 Å². The number of carbonyl (C=O) groups is 1. The van der Waals surface area contributed by atoms with Gasteiger partial charge in [-0.3, -0.25) is 9.69 Å². The number of primary amides is 1. The molecule has 1 aliphatic heterocycles. The summed E-state index contributed by atoms with van der Waals surface area (Å²) in [4.78, 5) is 15.0. The molecule has 1 aromatic rings. The van der Waals surface area contributed by atoms with E-state index in [0.717, 1.165) is 23.2 Å². The molecule has 8 heteroatoms. The van der Waals surface area contributed by atoms with Crippen molar-refractivity contribution in [1.29, 1.82) is 0 Å². The Morgan fingerprint density at radius 2 is 2.33 bits per heavy atom. The summed E-state index contributed by atoms with van der Waals surface area (Å²) in [6, 6.07) is 0. The Hall–Kier alpha value is -1.25. The topological polar surface area (TPSA) is 84.6 Å². The fourth-order valence-corrected chi connectivity index (χ4v) is 3.15. The Bertz CT molecular complexity index is 479. The molecule has 2 rings (SSSR count). The van der Waals surface area contributed by atoms with Crippen LogP contribution < -0.4 is 10.6 Å². The third kappa shape index (κ3) is 4.62. The van der Waals surface area contributed by atoms with Gasteiger partial charge in [-0.15, -0.1) is 10.2 Å². The molecule has 0 aromatic carbocycles. The number of amides is 1. The highest BCUT2D eigenvalue weighted by Gasteiger charge is 2.24. The van der Waals surface area contributed by atoms with Crippen LogP contribution in [0.4, 0.5) is 5.13 Å². The molecule has 0 aliphatic carbocycles. The van der Waals surface area contributed by atoms with Crippen LogP contribution in [0.5, 0.6) is 0 Å². The second-order valence-corrected chi connectivity index (χ2v) is 6.67. The molecule has 0 saturated carbocycles. The molecule has 1 aliphatic rings. The van der Waals surface area contributed by atoms with Crippen molar-refractivity contribution < 1.29 is 9.53 Å².